The molecular weight excluding hydrogens is 424 g/mol. The number of nitrogens with zero attached hydrogens (tertiary/aromatic N) is 3. The predicted octanol–water partition coefficient (Wildman–Crippen LogP) is 5.54. The molecule has 4 aromatic rings. The van der Waals surface area contributed by atoms with Gasteiger partial charge in [-0.25, -0.2) is 9.97 Å². The lowest BCUT2D eigenvalue weighted by molar-refractivity contribution is -0.114. The predicted molar refractivity (Wildman–Crippen MR) is 129 cm³/mol. The van der Waals surface area contributed by atoms with Crippen LogP contribution in [-0.2, 0) is 17.6 Å². The Kier molecular flexibility index (Phi) is 5.56. The van der Waals surface area contributed by atoms with Gasteiger partial charge in [0.1, 0.15) is 0 Å². The van der Waals surface area contributed by atoms with Crippen LogP contribution >= 0.6 is 22.7 Å². The number of hydrogen-bond acceptors (Lipinski definition) is 6. The van der Waals surface area contributed by atoms with Gasteiger partial charge < -0.3 is 5.32 Å². The fraction of sp³-hybridized carbons (Fsp3) is 0.292. The number of rotatable bonds is 4. The van der Waals surface area contributed by atoms with Gasteiger partial charge in [0, 0.05) is 32.3 Å². The SMILES string of the molecule is CC(=O)Nc1ncc(-c2ccc3c(c2)CCN([C@@H](C)c2ccc4scnc4c2)CC3)s1. The molecule has 2 aromatic heterocycles. The fourth-order valence-corrected chi connectivity index (χ4v) is 5.76. The molecule has 1 amide bonds. The number of amides is 1. The zero-order valence-corrected chi connectivity index (χ0v) is 19.2. The van der Waals surface area contributed by atoms with Crippen LogP contribution in [0.15, 0.2) is 48.1 Å². The first-order valence-corrected chi connectivity index (χ1v) is 12.2. The Labute approximate surface area is 189 Å². The van der Waals surface area contributed by atoms with E-state index in [0.717, 1.165) is 36.3 Å². The van der Waals surface area contributed by atoms with E-state index in [9.17, 15) is 4.79 Å². The number of hydrogen-bond donors (Lipinski definition) is 1. The first-order valence-electron chi connectivity index (χ1n) is 10.5. The van der Waals surface area contributed by atoms with Gasteiger partial charge in [-0.2, -0.15) is 0 Å². The second-order valence-corrected chi connectivity index (χ2v) is 9.90. The quantitative estimate of drug-likeness (QED) is 0.445. The van der Waals surface area contributed by atoms with Gasteiger partial charge in [0.2, 0.25) is 5.91 Å². The van der Waals surface area contributed by atoms with Crippen LogP contribution in [-0.4, -0.2) is 33.9 Å². The topological polar surface area (TPSA) is 58.1 Å². The molecule has 1 atom stereocenters. The van der Waals surface area contributed by atoms with Crippen LogP contribution in [0.5, 0.6) is 0 Å². The van der Waals surface area contributed by atoms with Crippen LogP contribution in [0.2, 0.25) is 0 Å². The molecule has 3 heterocycles. The maximum atomic E-state index is 11.3. The maximum Gasteiger partial charge on any atom is 0.223 e. The minimum Gasteiger partial charge on any atom is -0.302 e. The Morgan fingerprint density at radius 1 is 1.10 bits per heavy atom. The molecule has 7 heteroatoms. The van der Waals surface area contributed by atoms with E-state index < -0.39 is 0 Å². The van der Waals surface area contributed by atoms with E-state index in [4.69, 9.17) is 0 Å². The summed E-state index contributed by atoms with van der Waals surface area (Å²) in [6.45, 7) is 5.89. The highest BCUT2D eigenvalue weighted by Gasteiger charge is 2.21. The minimum absolute atomic E-state index is 0.0917. The summed E-state index contributed by atoms with van der Waals surface area (Å²) in [6, 6.07) is 13.8. The molecule has 0 fully saturated rings. The third-order valence-corrected chi connectivity index (χ3v) is 7.77. The monoisotopic (exact) mass is 448 g/mol. The molecule has 0 unspecified atom stereocenters. The first-order chi connectivity index (χ1) is 15.1. The Balaban J connectivity index is 1.33. The van der Waals surface area contributed by atoms with Crippen LogP contribution < -0.4 is 5.32 Å². The highest BCUT2D eigenvalue weighted by Crippen LogP contribution is 2.32. The molecule has 158 valence electrons. The summed E-state index contributed by atoms with van der Waals surface area (Å²) in [7, 11) is 0. The van der Waals surface area contributed by atoms with Crippen LogP contribution in [0.3, 0.4) is 0 Å². The van der Waals surface area contributed by atoms with Crippen LogP contribution in [0, 0.1) is 0 Å². The Bertz CT molecular complexity index is 1250. The van der Waals surface area contributed by atoms with Crippen molar-refractivity contribution < 1.29 is 4.79 Å². The van der Waals surface area contributed by atoms with E-state index in [1.807, 2.05) is 11.7 Å². The summed E-state index contributed by atoms with van der Waals surface area (Å²) < 4.78 is 1.25. The van der Waals surface area contributed by atoms with Crippen LogP contribution in [0.25, 0.3) is 20.7 Å². The number of fused-ring (bicyclic) bond motifs is 2. The Morgan fingerprint density at radius 3 is 2.77 bits per heavy atom. The molecule has 1 aliphatic heterocycles. The fourth-order valence-electron chi connectivity index (χ4n) is 4.24. The Morgan fingerprint density at radius 2 is 1.94 bits per heavy atom. The lowest BCUT2D eigenvalue weighted by atomic mass is 10.00. The summed E-state index contributed by atoms with van der Waals surface area (Å²) in [5, 5.41) is 3.42. The maximum absolute atomic E-state index is 11.3. The van der Waals surface area contributed by atoms with Crippen LogP contribution in [0.4, 0.5) is 5.13 Å². The number of benzene rings is 2. The number of thiazole rings is 2. The van der Waals surface area contributed by atoms with Gasteiger partial charge in [0.25, 0.3) is 0 Å². The molecule has 1 aliphatic rings. The number of nitrogens with one attached hydrogen (secondary N) is 1. The molecular formula is C24H24N4OS2. The average Bonchev–Trinajstić information content (AvgIpc) is 3.37. The van der Waals surface area contributed by atoms with Gasteiger partial charge in [-0.1, -0.05) is 29.5 Å². The average molecular weight is 449 g/mol. The molecule has 1 N–H and O–H groups in total. The van der Waals surface area contributed by atoms with Crippen molar-refractivity contribution in [3.05, 3.63) is 64.8 Å². The standard InChI is InChI=1S/C24H24N4OS2/c1-15(18-5-6-22-21(12-18)26-14-30-22)28-9-7-17-3-4-20(11-19(17)8-10-28)23-13-25-24(31-23)27-16(2)29/h3-6,11-15H,7-10H2,1-2H3,(H,25,27,29)/t15-/m0/s1. The van der Waals surface area contributed by atoms with Gasteiger partial charge in [-0.05, 0) is 60.2 Å². The molecule has 0 aliphatic carbocycles. The number of anilines is 1. The van der Waals surface area contributed by atoms with Crippen molar-refractivity contribution >= 4 is 43.9 Å². The summed E-state index contributed by atoms with van der Waals surface area (Å²) in [6.07, 6.45) is 3.93. The van der Waals surface area contributed by atoms with Crippen molar-refractivity contribution in [3.8, 4) is 10.4 Å². The molecule has 0 saturated heterocycles. The zero-order chi connectivity index (χ0) is 21.4. The van der Waals surface area contributed by atoms with E-state index in [2.05, 4.69) is 63.5 Å². The molecule has 5 rings (SSSR count). The smallest absolute Gasteiger partial charge is 0.223 e. The van der Waals surface area contributed by atoms with E-state index >= 15 is 0 Å². The van der Waals surface area contributed by atoms with E-state index in [-0.39, 0.29) is 5.91 Å². The van der Waals surface area contributed by atoms with Crippen molar-refractivity contribution in [3.63, 3.8) is 0 Å². The third-order valence-electron chi connectivity index (χ3n) is 6.00. The normalized spacial score (nSPS) is 15.4. The molecule has 0 saturated carbocycles. The van der Waals surface area contributed by atoms with Crippen molar-refractivity contribution in [2.45, 2.75) is 32.7 Å². The summed E-state index contributed by atoms with van der Waals surface area (Å²) >= 11 is 3.21. The highest BCUT2D eigenvalue weighted by atomic mass is 32.1. The summed E-state index contributed by atoms with van der Waals surface area (Å²) in [5.74, 6) is -0.0917. The molecule has 2 aromatic carbocycles. The largest absolute Gasteiger partial charge is 0.302 e. The second-order valence-electron chi connectivity index (χ2n) is 7.99. The summed E-state index contributed by atoms with van der Waals surface area (Å²) in [4.78, 5) is 23.7. The second kappa shape index (κ2) is 8.49. The molecule has 5 nitrogen and oxygen atoms in total. The van der Waals surface area contributed by atoms with Gasteiger partial charge in [0.15, 0.2) is 5.13 Å². The lowest BCUT2D eigenvalue weighted by Crippen LogP contribution is -2.29. The van der Waals surface area contributed by atoms with Crippen molar-refractivity contribution in [1.29, 1.82) is 0 Å². The summed E-state index contributed by atoms with van der Waals surface area (Å²) in [5.41, 5.74) is 8.36. The molecule has 0 spiro atoms. The molecule has 0 radical (unpaired) electrons. The van der Waals surface area contributed by atoms with Crippen molar-refractivity contribution in [2.75, 3.05) is 18.4 Å². The number of aromatic nitrogens is 2. The molecule has 0 bridgehead atoms. The first kappa shape index (κ1) is 20.3. The highest BCUT2D eigenvalue weighted by molar-refractivity contribution is 7.19. The minimum atomic E-state index is -0.0917. The zero-order valence-electron chi connectivity index (χ0n) is 17.6. The van der Waals surface area contributed by atoms with Gasteiger partial charge in [-0.15, -0.1) is 11.3 Å². The van der Waals surface area contributed by atoms with Gasteiger partial charge in [-0.3, -0.25) is 9.69 Å². The van der Waals surface area contributed by atoms with Gasteiger partial charge in [0.05, 0.1) is 20.6 Å². The van der Waals surface area contributed by atoms with E-state index in [0.29, 0.717) is 11.2 Å². The van der Waals surface area contributed by atoms with E-state index in [1.54, 1.807) is 11.3 Å². The lowest BCUT2D eigenvalue weighted by Gasteiger charge is -2.28. The van der Waals surface area contributed by atoms with Gasteiger partial charge >= 0.3 is 0 Å². The van der Waals surface area contributed by atoms with E-state index in [1.165, 1.54) is 45.2 Å². The Hall–Kier alpha value is -2.61. The number of carbonyl (C=O) groups excluding carboxylic acids is 1. The van der Waals surface area contributed by atoms with Crippen molar-refractivity contribution in [2.24, 2.45) is 0 Å². The third kappa shape index (κ3) is 4.26. The van der Waals surface area contributed by atoms with Crippen molar-refractivity contribution in [1.82, 2.24) is 14.9 Å². The van der Waals surface area contributed by atoms with Crippen LogP contribution in [0.1, 0.15) is 36.6 Å². The number of carbonyl (C=O) groups is 1. The molecule has 31 heavy (non-hydrogen) atoms.